The molecule has 84 valence electrons. The van der Waals surface area contributed by atoms with Crippen LogP contribution in [-0.4, -0.2) is 19.2 Å². The highest BCUT2D eigenvalue weighted by atomic mass is 16.5. The van der Waals surface area contributed by atoms with Crippen LogP contribution in [0.5, 0.6) is 5.75 Å². The van der Waals surface area contributed by atoms with E-state index in [4.69, 9.17) is 10.5 Å². The van der Waals surface area contributed by atoms with Gasteiger partial charge in [0.15, 0.2) is 0 Å². The minimum absolute atomic E-state index is 0.299. The molecule has 15 heavy (non-hydrogen) atoms. The topological polar surface area (TPSA) is 47.3 Å². The van der Waals surface area contributed by atoms with Crippen molar-refractivity contribution in [3.8, 4) is 5.75 Å². The summed E-state index contributed by atoms with van der Waals surface area (Å²) in [5.41, 5.74) is 6.61. The third kappa shape index (κ3) is 4.21. The molecule has 1 unspecified atom stereocenters. The number of anilines is 1. The fourth-order valence-corrected chi connectivity index (χ4v) is 1.21. The molecular weight excluding hydrogens is 188 g/mol. The summed E-state index contributed by atoms with van der Waals surface area (Å²) in [4.78, 5) is 0. The summed E-state index contributed by atoms with van der Waals surface area (Å²) in [6.45, 7) is 5.56. The van der Waals surface area contributed by atoms with Crippen molar-refractivity contribution in [2.24, 2.45) is 5.73 Å². The maximum atomic E-state index is 5.53. The average Bonchev–Trinajstić information content (AvgIpc) is 2.28. The first-order valence-electron chi connectivity index (χ1n) is 5.45. The summed E-state index contributed by atoms with van der Waals surface area (Å²) >= 11 is 0. The Morgan fingerprint density at radius 3 is 2.53 bits per heavy atom. The predicted molar refractivity (Wildman–Crippen MR) is 64.4 cm³/mol. The molecule has 0 spiro atoms. The molecule has 0 heterocycles. The molecule has 0 fully saturated rings. The molecule has 0 saturated heterocycles. The summed E-state index contributed by atoms with van der Waals surface area (Å²) in [7, 11) is 0. The van der Waals surface area contributed by atoms with Crippen LogP contribution in [-0.2, 0) is 0 Å². The van der Waals surface area contributed by atoms with Crippen molar-refractivity contribution in [1.29, 1.82) is 0 Å². The number of nitrogens with one attached hydrogen (secondary N) is 1. The Morgan fingerprint density at radius 2 is 2.00 bits per heavy atom. The molecule has 3 N–H and O–H groups in total. The molecule has 1 atom stereocenters. The first-order chi connectivity index (χ1) is 7.26. The second-order valence-corrected chi connectivity index (χ2v) is 3.65. The van der Waals surface area contributed by atoms with Crippen molar-refractivity contribution in [3.63, 3.8) is 0 Å². The van der Waals surface area contributed by atoms with Crippen LogP contribution in [0.2, 0.25) is 0 Å². The van der Waals surface area contributed by atoms with E-state index in [0.29, 0.717) is 12.6 Å². The molecule has 0 bridgehead atoms. The average molecular weight is 208 g/mol. The Morgan fingerprint density at radius 1 is 1.33 bits per heavy atom. The molecular formula is C12H20N2O. The predicted octanol–water partition coefficient (Wildman–Crippen LogP) is 2.23. The molecule has 3 nitrogen and oxygen atoms in total. The SMILES string of the molecule is CCCOc1ccc(NC(C)CN)cc1. The molecule has 0 aliphatic rings. The van der Waals surface area contributed by atoms with Crippen molar-refractivity contribution in [1.82, 2.24) is 0 Å². The number of nitrogens with two attached hydrogens (primary N) is 1. The summed E-state index contributed by atoms with van der Waals surface area (Å²) in [5.74, 6) is 0.919. The van der Waals surface area contributed by atoms with Crippen molar-refractivity contribution in [2.45, 2.75) is 26.3 Å². The quantitative estimate of drug-likeness (QED) is 0.753. The molecule has 0 radical (unpaired) electrons. The summed E-state index contributed by atoms with van der Waals surface area (Å²) in [6, 6.07) is 8.27. The first-order valence-corrected chi connectivity index (χ1v) is 5.45. The highest BCUT2D eigenvalue weighted by molar-refractivity contribution is 5.46. The molecule has 1 aromatic rings. The van der Waals surface area contributed by atoms with Crippen molar-refractivity contribution < 1.29 is 4.74 Å². The molecule has 1 rings (SSSR count). The summed E-state index contributed by atoms with van der Waals surface area (Å²) in [5, 5.41) is 3.29. The number of benzene rings is 1. The Balaban J connectivity index is 2.48. The maximum Gasteiger partial charge on any atom is 0.119 e. The Hall–Kier alpha value is -1.22. The monoisotopic (exact) mass is 208 g/mol. The van der Waals surface area contributed by atoms with E-state index in [2.05, 4.69) is 19.2 Å². The van der Waals surface area contributed by atoms with E-state index in [-0.39, 0.29) is 0 Å². The zero-order valence-electron chi connectivity index (χ0n) is 9.49. The van der Waals surface area contributed by atoms with Gasteiger partial charge < -0.3 is 15.8 Å². The van der Waals surface area contributed by atoms with E-state index < -0.39 is 0 Å². The van der Waals surface area contributed by atoms with Crippen LogP contribution in [0.25, 0.3) is 0 Å². The van der Waals surface area contributed by atoms with Crippen molar-refractivity contribution in [2.75, 3.05) is 18.5 Å². The van der Waals surface area contributed by atoms with Crippen LogP contribution in [0.3, 0.4) is 0 Å². The van der Waals surface area contributed by atoms with Gasteiger partial charge in [-0.2, -0.15) is 0 Å². The van der Waals surface area contributed by atoms with Gasteiger partial charge >= 0.3 is 0 Å². The Labute approximate surface area is 91.6 Å². The lowest BCUT2D eigenvalue weighted by Gasteiger charge is -2.13. The normalized spacial score (nSPS) is 12.2. The van der Waals surface area contributed by atoms with Crippen molar-refractivity contribution in [3.05, 3.63) is 24.3 Å². The maximum absolute atomic E-state index is 5.53. The van der Waals surface area contributed by atoms with Gasteiger partial charge in [-0.25, -0.2) is 0 Å². The third-order valence-corrected chi connectivity index (χ3v) is 2.09. The van der Waals surface area contributed by atoms with Crippen LogP contribution < -0.4 is 15.8 Å². The minimum atomic E-state index is 0.299. The van der Waals surface area contributed by atoms with Crippen molar-refractivity contribution >= 4 is 5.69 Å². The van der Waals surface area contributed by atoms with Crippen LogP contribution in [0.15, 0.2) is 24.3 Å². The number of hydrogen-bond acceptors (Lipinski definition) is 3. The molecule has 0 aliphatic carbocycles. The van der Waals surface area contributed by atoms with Gasteiger partial charge in [0.05, 0.1) is 6.61 Å². The number of rotatable bonds is 6. The molecule has 0 saturated carbocycles. The lowest BCUT2D eigenvalue weighted by molar-refractivity contribution is 0.317. The van der Waals surface area contributed by atoms with Crippen LogP contribution in [0.4, 0.5) is 5.69 Å². The second-order valence-electron chi connectivity index (χ2n) is 3.65. The van der Waals surface area contributed by atoms with Gasteiger partial charge in [-0.3, -0.25) is 0 Å². The van der Waals surface area contributed by atoms with Gasteiger partial charge in [-0.1, -0.05) is 6.92 Å². The van der Waals surface area contributed by atoms with E-state index >= 15 is 0 Å². The smallest absolute Gasteiger partial charge is 0.119 e. The molecule has 3 heteroatoms. The van der Waals surface area contributed by atoms with Gasteiger partial charge in [0.1, 0.15) is 5.75 Å². The summed E-state index contributed by atoms with van der Waals surface area (Å²) in [6.07, 6.45) is 1.03. The molecule has 0 aromatic heterocycles. The Bertz CT molecular complexity index is 271. The second kappa shape index (κ2) is 6.30. The highest BCUT2D eigenvalue weighted by Gasteiger charge is 1.99. The third-order valence-electron chi connectivity index (χ3n) is 2.09. The Kier molecular flexibility index (Phi) is 4.98. The zero-order chi connectivity index (χ0) is 11.1. The van der Waals surface area contributed by atoms with Gasteiger partial charge in [0.25, 0.3) is 0 Å². The molecule has 0 aliphatic heterocycles. The zero-order valence-corrected chi connectivity index (χ0v) is 9.49. The lowest BCUT2D eigenvalue weighted by Crippen LogP contribution is -2.24. The molecule has 0 amide bonds. The van der Waals surface area contributed by atoms with Gasteiger partial charge in [0.2, 0.25) is 0 Å². The van der Waals surface area contributed by atoms with E-state index in [1.807, 2.05) is 24.3 Å². The van der Waals surface area contributed by atoms with Gasteiger partial charge in [-0.05, 0) is 37.6 Å². The first kappa shape index (κ1) is 11.9. The van der Waals surface area contributed by atoms with E-state index in [0.717, 1.165) is 24.5 Å². The van der Waals surface area contributed by atoms with E-state index in [1.165, 1.54) is 0 Å². The number of hydrogen-bond donors (Lipinski definition) is 2. The van der Waals surface area contributed by atoms with Crippen LogP contribution in [0, 0.1) is 0 Å². The fraction of sp³-hybridized carbons (Fsp3) is 0.500. The lowest BCUT2D eigenvalue weighted by atomic mass is 10.2. The number of ether oxygens (including phenoxy) is 1. The van der Waals surface area contributed by atoms with Crippen LogP contribution >= 0.6 is 0 Å². The van der Waals surface area contributed by atoms with Gasteiger partial charge in [-0.15, -0.1) is 0 Å². The van der Waals surface area contributed by atoms with Crippen LogP contribution in [0.1, 0.15) is 20.3 Å². The fourth-order valence-electron chi connectivity index (χ4n) is 1.21. The standard InChI is InChI=1S/C12H20N2O/c1-3-8-15-12-6-4-11(5-7-12)14-10(2)9-13/h4-7,10,14H,3,8-9,13H2,1-2H3. The van der Waals surface area contributed by atoms with E-state index in [1.54, 1.807) is 0 Å². The van der Waals surface area contributed by atoms with Gasteiger partial charge in [0, 0.05) is 18.3 Å². The molecule has 1 aromatic carbocycles. The summed E-state index contributed by atoms with van der Waals surface area (Å²) < 4.78 is 5.49. The van der Waals surface area contributed by atoms with E-state index in [9.17, 15) is 0 Å². The highest BCUT2D eigenvalue weighted by Crippen LogP contribution is 2.16. The minimum Gasteiger partial charge on any atom is -0.494 e. The largest absolute Gasteiger partial charge is 0.494 e.